The molecule has 0 aliphatic carbocycles. The molecule has 1 atom stereocenters. The molecule has 0 aliphatic rings. The van der Waals surface area contributed by atoms with Crippen molar-refractivity contribution in [1.29, 1.82) is 0 Å². The maximum absolute atomic E-state index is 11.4. The summed E-state index contributed by atoms with van der Waals surface area (Å²) in [5, 5.41) is 0. The van der Waals surface area contributed by atoms with Crippen LogP contribution in [0.3, 0.4) is 0 Å². The van der Waals surface area contributed by atoms with E-state index in [0.717, 1.165) is 12.8 Å². The maximum atomic E-state index is 11.4. The zero-order valence-corrected chi connectivity index (χ0v) is 8.97. The number of hydrogen-bond acceptors (Lipinski definition) is 1. The predicted molar refractivity (Wildman–Crippen MR) is 57.6 cm³/mol. The van der Waals surface area contributed by atoms with E-state index in [1.165, 1.54) is 6.08 Å². The van der Waals surface area contributed by atoms with Gasteiger partial charge in [-0.3, -0.25) is 4.79 Å². The molecule has 1 unspecified atom stereocenters. The summed E-state index contributed by atoms with van der Waals surface area (Å²) >= 11 is 0. The first-order valence-electron chi connectivity index (χ1n) is 4.68. The summed E-state index contributed by atoms with van der Waals surface area (Å²) in [4.78, 5) is 11.4. The van der Waals surface area contributed by atoms with Crippen LogP contribution in [0.5, 0.6) is 0 Å². The van der Waals surface area contributed by atoms with Gasteiger partial charge < -0.3 is 0 Å². The van der Waals surface area contributed by atoms with Crippen LogP contribution in [-0.2, 0) is 4.79 Å². The molecule has 1 nitrogen and oxygen atoms in total. The van der Waals surface area contributed by atoms with Crippen LogP contribution in [0, 0.1) is 11.3 Å². The van der Waals surface area contributed by atoms with Crippen molar-refractivity contribution in [2.75, 3.05) is 0 Å². The zero-order chi connectivity index (χ0) is 10.5. The number of ketones is 1. The minimum atomic E-state index is 0.0648. The molecule has 0 amide bonds. The number of hydrogen-bond donors (Lipinski definition) is 0. The smallest absolute Gasteiger partial charge is 0.158 e. The fourth-order valence-electron chi connectivity index (χ4n) is 1.41. The molecule has 74 valence electrons. The first-order valence-corrected chi connectivity index (χ1v) is 4.68. The van der Waals surface area contributed by atoms with Crippen LogP contribution in [-0.4, -0.2) is 5.78 Å². The Bertz CT molecular complexity index is 196. The van der Waals surface area contributed by atoms with Crippen LogP contribution in [0.25, 0.3) is 0 Å². The molecule has 0 heterocycles. The molecule has 0 spiro atoms. The Hall–Kier alpha value is -0.850. The molecule has 0 aromatic carbocycles. The minimum Gasteiger partial charge on any atom is -0.295 e. The molecule has 13 heavy (non-hydrogen) atoms. The molecule has 0 aromatic rings. The van der Waals surface area contributed by atoms with Crippen LogP contribution < -0.4 is 0 Å². The summed E-state index contributed by atoms with van der Waals surface area (Å²) < 4.78 is 0. The Morgan fingerprint density at radius 3 is 2.23 bits per heavy atom. The first-order chi connectivity index (χ1) is 5.90. The third-order valence-electron chi connectivity index (χ3n) is 1.91. The standard InChI is InChI=1S/C12H20O/c1-6-8-10(11(13)7-2)9-12(3,4)5/h6-7,10H,1-2,8-9H2,3-5H3. The quantitative estimate of drug-likeness (QED) is 0.468. The van der Waals surface area contributed by atoms with E-state index in [2.05, 4.69) is 33.9 Å². The maximum Gasteiger partial charge on any atom is 0.158 e. The Morgan fingerprint density at radius 2 is 1.92 bits per heavy atom. The molecular formula is C12H20O. The first kappa shape index (κ1) is 12.2. The highest BCUT2D eigenvalue weighted by molar-refractivity contribution is 5.91. The minimum absolute atomic E-state index is 0.0648. The fraction of sp³-hybridized carbons (Fsp3) is 0.583. The molecule has 0 N–H and O–H groups in total. The number of carbonyl (C=O) groups is 1. The van der Waals surface area contributed by atoms with Gasteiger partial charge in [-0.25, -0.2) is 0 Å². The van der Waals surface area contributed by atoms with Crippen LogP contribution in [0.1, 0.15) is 33.6 Å². The third-order valence-corrected chi connectivity index (χ3v) is 1.91. The largest absolute Gasteiger partial charge is 0.295 e. The molecule has 0 aliphatic heterocycles. The molecule has 0 radical (unpaired) electrons. The Kier molecular flexibility index (Phi) is 4.68. The van der Waals surface area contributed by atoms with E-state index in [1.54, 1.807) is 6.08 Å². The second kappa shape index (κ2) is 5.00. The van der Waals surface area contributed by atoms with Crippen molar-refractivity contribution in [2.24, 2.45) is 11.3 Å². The molecule has 0 rings (SSSR count). The molecule has 1 heteroatoms. The van der Waals surface area contributed by atoms with Crippen molar-refractivity contribution >= 4 is 5.78 Å². The molecule has 0 bridgehead atoms. The normalized spacial score (nSPS) is 13.5. The van der Waals surface area contributed by atoms with E-state index < -0.39 is 0 Å². The lowest BCUT2D eigenvalue weighted by atomic mass is 9.81. The summed E-state index contributed by atoms with van der Waals surface area (Å²) in [5.41, 5.74) is 0.187. The van der Waals surface area contributed by atoms with Gasteiger partial charge in [0.05, 0.1) is 0 Å². The van der Waals surface area contributed by atoms with Gasteiger partial charge in [0.15, 0.2) is 5.78 Å². The van der Waals surface area contributed by atoms with Crippen LogP contribution in [0.2, 0.25) is 0 Å². The van der Waals surface area contributed by atoms with Gasteiger partial charge in [0.2, 0.25) is 0 Å². The van der Waals surface area contributed by atoms with E-state index in [-0.39, 0.29) is 17.1 Å². The average Bonchev–Trinajstić information content (AvgIpc) is 2.00. The van der Waals surface area contributed by atoms with Crippen molar-refractivity contribution in [3.63, 3.8) is 0 Å². The van der Waals surface area contributed by atoms with Crippen molar-refractivity contribution in [1.82, 2.24) is 0 Å². The third kappa shape index (κ3) is 5.40. The van der Waals surface area contributed by atoms with E-state index in [1.807, 2.05) is 0 Å². The number of carbonyl (C=O) groups excluding carboxylic acids is 1. The highest BCUT2D eigenvalue weighted by Crippen LogP contribution is 2.27. The predicted octanol–water partition coefficient (Wildman–Crippen LogP) is 3.37. The highest BCUT2D eigenvalue weighted by atomic mass is 16.1. The summed E-state index contributed by atoms with van der Waals surface area (Å²) in [6.45, 7) is 13.6. The van der Waals surface area contributed by atoms with E-state index in [9.17, 15) is 4.79 Å². The van der Waals surface area contributed by atoms with Gasteiger partial charge in [-0.1, -0.05) is 33.4 Å². The highest BCUT2D eigenvalue weighted by Gasteiger charge is 2.21. The van der Waals surface area contributed by atoms with Gasteiger partial charge in [-0.2, -0.15) is 0 Å². The van der Waals surface area contributed by atoms with Crippen molar-refractivity contribution < 1.29 is 4.79 Å². The van der Waals surface area contributed by atoms with Gasteiger partial charge >= 0.3 is 0 Å². The summed E-state index contributed by atoms with van der Waals surface area (Å²) in [6.07, 6.45) is 4.86. The summed E-state index contributed by atoms with van der Waals surface area (Å²) in [7, 11) is 0. The Balaban J connectivity index is 4.33. The second-order valence-corrected chi connectivity index (χ2v) is 4.59. The van der Waals surface area contributed by atoms with Gasteiger partial charge in [0.25, 0.3) is 0 Å². The van der Waals surface area contributed by atoms with Gasteiger partial charge in [0.1, 0.15) is 0 Å². The van der Waals surface area contributed by atoms with E-state index in [4.69, 9.17) is 0 Å². The van der Waals surface area contributed by atoms with Gasteiger partial charge in [-0.15, -0.1) is 6.58 Å². The molecule has 0 saturated heterocycles. The van der Waals surface area contributed by atoms with E-state index in [0.29, 0.717) is 0 Å². The fourth-order valence-corrected chi connectivity index (χ4v) is 1.41. The lowest BCUT2D eigenvalue weighted by molar-refractivity contribution is -0.119. The number of rotatable bonds is 5. The Labute approximate surface area is 81.5 Å². The van der Waals surface area contributed by atoms with Crippen molar-refractivity contribution in [3.8, 4) is 0 Å². The van der Waals surface area contributed by atoms with E-state index >= 15 is 0 Å². The molecular weight excluding hydrogens is 160 g/mol. The van der Waals surface area contributed by atoms with Gasteiger partial charge in [0, 0.05) is 5.92 Å². The summed E-state index contributed by atoms with van der Waals surface area (Å²) in [5.74, 6) is 0.199. The monoisotopic (exact) mass is 180 g/mol. The average molecular weight is 180 g/mol. The molecule has 0 fully saturated rings. The molecule has 0 saturated carbocycles. The lowest BCUT2D eigenvalue weighted by Gasteiger charge is -2.23. The van der Waals surface area contributed by atoms with Crippen molar-refractivity contribution in [3.05, 3.63) is 25.3 Å². The topological polar surface area (TPSA) is 17.1 Å². The van der Waals surface area contributed by atoms with Crippen LogP contribution in [0.4, 0.5) is 0 Å². The lowest BCUT2D eigenvalue weighted by Crippen LogP contribution is -2.19. The summed E-state index contributed by atoms with van der Waals surface area (Å²) in [6, 6.07) is 0. The Morgan fingerprint density at radius 1 is 1.38 bits per heavy atom. The van der Waals surface area contributed by atoms with Crippen molar-refractivity contribution in [2.45, 2.75) is 33.6 Å². The second-order valence-electron chi connectivity index (χ2n) is 4.59. The van der Waals surface area contributed by atoms with Gasteiger partial charge in [-0.05, 0) is 24.3 Å². The van der Waals surface area contributed by atoms with Crippen LogP contribution >= 0.6 is 0 Å². The molecule has 0 aromatic heterocycles. The SMILES string of the molecule is C=CCC(CC(C)(C)C)C(=O)C=C. The van der Waals surface area contributed by atoms with Crippen LogP contribution in [0.15, 0.2) is 25.3 Å². The zero-order valence-electron chi connectivity index (χ0n) is 8.97. The number of allylic oxidation sites excluding steroid dienone is 2.